The molecular formula is C103H125F4N11O23. The number of ether oxygens (including phenoxy) is 11. The highest BCUT2D eigenvalue weighted by Gasteiger charge is 2.62. The van der Waals surface area contributed by atoms with Gasteiger partial charge in [-0.25, -0.2) is 36.7 Å². The molecule has 6 aromatic carbocycles. The number of nitrogens with zero attached hydrogens (tertiary/aromatic N) is 9. The summed E-state index contributed by atoms with van der Waals surface area (Å²) in [6.07, 6.45) is 1.56. The number of carbonyl (C=O) groups excluding carboxylic acids is 2. The van der Waals surface area contributed by atoms with Gasteiger partial charge in [0.15, 0.2) is 42.5 Å². The van der Waals surface area contributed by atoms with Gasteiger partial charge in [-0.3, -0.25) is 51.5 Å². The molecule has 5 saturated heterocycles. The van der Waals surface area contributed by atoms with Crippen molar-refractivity contribution in [3.8, 4) is 11.5 Å². The van der Waals surface area contributed by atoms with E-state index in [4.69, 9.17) is 68.7 Å². The Bertz CT molecular complexity index is 5980. The average molecular weight is 1960 g/mol. The number of allylic oxidation sites excluding steroid dienone is 1. The second-order valence-corrected chi connectivity index (χ2v) is 35.6. The first-order valence-corrected chi connectivity index (χ1v) is 46.8. The summed E-state index contributed by atoms with van der Waals surface area (Å²) >= 11 is 0. The number of ketones is 1. The summed E-state index contributed by atoms with van der Waals surface area (Å²) < 4.78 is 129. The second-order valence-electron chi connectivity index (χ2n) is 35.6. The predicted molar refractivity (Wildman–Crippen MR) is 513 cm³/mol. The Hall–Kier alpha value is -12.3. The lowest BCUT2D eigenvalue weighted by atomic mass is 9.85. The zero-order chi connectivity index (χ0) is 102. The first-order valence-electron chi connectivity index (χ1n) is 46.8. The number of alkyl halides is 4. The molecule has 10 aromatic rings. The third-order valence-electron chi connectivity index (χ3n) is 27.3. The zero-order valence-corrected chi connectivity index (χ0v) is 80.4. The normalized spacial score (nSPS) is 27.6. The minimum absolute atomic E-state index is 0.0395. The van der Waals surface area contributed by atoms with Crippen LogP contribution in [0.2, 0.25) is 0 Å². The van der Waals surface area contributed by atoms with E-state index in [1.165, 1.54) is 79.9 Å². The van der Waals surface area contributed by atoms with Crippen LogP contribution >= 0.6 is 0 Å². The van der Waals surface area contributed by atoms with Gasteiger partial charge in [-0.1, -0.05) is 201 Å². The number of anilines is 2. The van der Waals surface area contributed by atoms with Gasteiger partial charge < -0.3 is 84.0 Å². The van der Waals surface area contributed by atoms with Gasteiger partial charge in [-0.2, -0.15) is 9.97 Å². The first-order chi connectivity index (χ1) is 67.8. The van der Waals surface area contributed by atoms with E-state index >= 15 is 0 Å². The van der Waals surface area contributed by atoms with Crippen molar-refractivity contribution in [1.82, 2.24) is 42.3 Å². The number of nitrogen functional groups attached to an aromatic ring is 2. The molecule has 16 rings (SSSR count). The Balaban J connectivity index is 0.000000160. The van der Waals surface area contributed by atoms with Crippen molar-refractivity contribution < 1.29 is 99.7 Å². The van der Waals surface area contributed by atoms with Crippen LogP contribution in [0.15, 0.2) is 260 Å². The maximum Gasteiger partial charge on any atom is 0.351 e. The minimum atomic E-state index is -2.34. The van der Waals surface area contributed by atoms with E-state index in [1.807, 2.05) is 189 Å². The number of aliphatic hydroxyl groups excluding tert-OH is 3. The Morgan fingerprint density at radius 1 is 0.404 bits per heavy atom. The van der Waals surface area contributed by atoms with Crippen molar-refractivity contribution in [2.75, 3.05) is 65.6 Å². The molecule has 0 radical (unpaired) electrons. The van der Waals surface area contributed by atoms with Crippen LogP contribution in [0.5, 0.6) is 11.5 Å². The molecule has 0 spiro atoms. The van der Waals surface area contributed by atoms with Gasteiger partial charge in [-0.05, 0) is 102 Å². The number of hydrogen-bond donors (Lipinski definition) is 6. The van der Waals surface area contributed by atoms with E-state index in [1.54, 1.807) is 50.6 Å². The number of benzene rings is 6. The monoisotopic (exact) mass is 1960 g/mol. The summed E-state index contributed by atoms with van der Waals surface area (Å²) in [5.74, 6) is -0.223. The summed E-state index contributed by atoms with van der Waals surface area (Å²) in [7, 11) is 3.15. The van der Waals surface area contributed by atoms with E-state index in [9.17, 15) is 71.2 Å². The molecule has 0 aliphatic carbocycles. The molecule has 8 N–H and O–H groups in total. The lowest BCUT2D eigenvalue weighted by molar-refractivity contribution is -0.178. The zero-order valence-electron chi connectivity index (χ0n) is 80.4. The molecule has 20 atom stereocenters. The van der Waals surface area contributed by atoms with Gasteiger partial charge in [0.1, 0.15) is 84.4 Å². The lowest BCUT2D eigenvalue weighted by Crippen LogP contribution is -2.56. The molecule has 10 heterocycles. The highest BCUT2D eigenvalue weighted by atomic mass is 19.1. The van der Waals surface area contributed by atoms with Crippen LogP contribution in [-0.4, -0.2) is 199 Å². The Labute approximate surface area is 812 Å². The average Bonchev–Trinajstić information content (AvgIpc) is 1.60. The fourth-order valence-corrected chi connectivity index (χ4v) is 18.6. The van der Waals surface area contributed by atoms with Crippen molar-refractivity contribution in [3.05, 3.63) is 327 Å². The van der Waals surface area contributed by atoms with Crippen LogP contribution in [0.3, 0.4) is 0 Å². The van der Waals surface area contributed by atoms with Crippen molar-refractivity contribution in [2.24, 2.45) is 23.7 Å². The van der Waals surface area contributed by atoms with E-state index in [2.05, 4.69) is 9.97 Å². The molecule has 38 heteroatoms. The predicted octanol–water partition coefficient (Wildman–Crippen LogP) is 10.4. The molecule has 5 fully saturated rings. The molecule has 6 aliphatic heterocycles. The summed E-state index contributed by atoms with van der Waals surface area (Å²) in [5, 5.41) is 39.5. The van der Waals surface area contributed by atoms with Gasteiger partial charge in [0.2, 0.25) is 5.91 Å². The highest BCUT2D eigenvalue weighted by Crippen LogP contribution is 2.51. The van der Waals surface area contributed by atoms with Crippen molar-refractivity contribution in [1.29, 1.82) is 0 Å². The quantitative estimate of drug-likeness (QED) is 0.0164. The molecule has 0 saturated carbocycles. The van der Waals surface area contributed by atoms with Gasteiger partial charge in [0.25, 0.3) is 11.1 Å². The number of amides is 1. The number of carbonyl (C=O) groups is 2. The van der Waals surface area contributed by atoms with E-state index in [0.29, 0.717) is 37.2 Å². The molecule has 141 heavy (non-hydrogen) atoms. The van der Waals surface area contributed by atoms with Crippen molar-refractivity contribution >= 4 is 23.3 Å². The fraction of sp³-hybridized carbons (Fsp3) is 0.456. The second kappa shape index (κ2) is 48.5. The van der Waals surface area contributed by atoms with E-state index in [0.717, 1.165) is 47.1 Å². The van der Waals surface area contributed by atoms with Crippen LogP contribution in [0.4, 0.5) is 29.2 Å². The number of hydrogen-bond acceptors (Lipinski definition) is 27. The molecule has 1 amide bonds. The van der Waals surface area contributed by atoms with Crippen molar-refractivity contribution in [3.63, 3.8) is 0 Å². The number of aromatic nitrogens is 8. The summed E-state index contributed by atoms with van der Waals surface area (Å²) in [6.45, 7) is 11.8. The standard InChI is InChI=1S/C27H31FN2O5.C27H32N2O6.C20H24FNO4.C19H24FN3O3.C10H14FN3O5/c1-4-23-19(2)27(18-28,34-17-21-8-6-5-7-9-21)25(35-23)29-15-14-24(31)30(26(29)32)16-20-10-12-22(33-3)13-11-20;1-4-23-19(2)27(18-30,34-17-21-8-6-5-7-9-21)25(35-23)28-15-14-24(31)29(26(28)32)16-20-10-12-22(33-3)13-11-20;1-3-17-14(2)20(13-21,25-12-15-7-5-4-6-8-15)19(26-17)22-10-9-16(23)11-18(22)24;1-3-15-13(2)19(12-20,25-11-14-7-5-4-6-8-14)17(26-15)23-10-9-16(21)22-18(23)24;11-4-10(18)7(16)5(3-15)19-8(10)14-2-1-6(12)13-9(14)17/h5-15,19,23,25H,4,16-18H2,1-3H3;5-15,19,23,25,30H,4,16-18H2,1-3H3;4-10,14,17,19H,3,11-13H2,1-2H3;4-10,13,15,17H,3,11-12H2,1-2H3,(H2,21,22,24);1-2,5,7-8,15-16,18H,3-4H2,(H2,12,13,17)/t2*19-,23-,25-,27-;14-,17-,19-,20-;13-,15-,17-,19-;5-,7-,8-,10-/m11111/s1. The number of aliphatic hydroxyl groups is 4. The minimum Gasteiger partial charge on any atom is -0.497 e. The summed E-state index contributed by atoms with van der Waals surface area (Å²) in [4.78, 5) is 109. The van der Waals surface area contributed by atoms with Gasteiger partial charge >= 0.3 is 22.8 Å². The van der Waals surface area contributed by atoms with Crippen LogP contribution in [0.25, 0.3) is 0 Å². The smallest absolute Gasteiger partial charge is 0.351 e. The molecule has 0 bridgehead atoms. The summed E-state index contributed by atoms with van der Waals surface area (Å²) in [5.41, 5.74) is 5.25. The molecule has 758 valence electrons. The Morgan fingerprint density at radius 3 is 1.05 bits per heavy atom. The lowest BCUT2D eigenvalue weighted by Gasteiger charge is -2.39. The van der Waals surface area contributed by atoms with Gasteiger partial charge in [0, 0.05) is 66.8 Å². The Morgan fingerprint density at radius 2 is 0.723 bits per heavy atom. The number of rotatable bonds is 33. The highest BCUT2D eigenvalue weighted by molar-refractivity contribution is 6.06. The van der Waals surface area contributed by atoms with E-state index in [-0.39, 0.29) is 118 Å². The van der Waals surface area contributed by atoms with Crippen molar-refractivity contribution in [2.45, 2.75) is 223 Å². The number of methoxy groups -OCH3 is 2. The Kier molecular flexibility index (Phi) is 37.0. The summed E-state index contributed by atoms with van der Waals surface area (Å²) in [6, 6.07) is 57.9. The van der Waals surface area contributed by atoms with Crippen LogP contribution in [0, 0.1) is 23.7 Å². The number of nitrogens with two attached hydrogens (primary N) is 2. The maximum absolute atomic E-state index is 14.9. The van der Waals surface area contributed by atoms with Crippen LogP contribution in [-0.2, 0) is 91.7 Å². The third kappa shape index (κ3) is 23.4. The molecule has 4 aromatic heterocycles. The maximum atomic E-state index is 14.9. The third-order valence-corrected chi connectivity index (χ3v) is 27.3. The fourth-order valence-electron chi connectivity index (χ4n) is 18.6. The molecule has 34 nitrogen and oxygen atoms in total. The van der Waals surface area contributed by atoms with Crippen LogP contribution in [0.1, 0.15) is 146 Å². The molecule has 0 unspecified atom stereocenters. The SMILES string of the molecule is CC[C@H]1O[C@@H](N2C=CC(=O)CC2=O)[C@](CF)(OCc2ccccc2)[C@@H]1C.CC[C@H]1O[C@@H](n2ccc(=O)n(Cc3ccc(OC)cc3)c2=O)[C@](CF)(OCc2ccccc2)[C@@H]1C.CC[C@H]1O[C@@H](n2ccc(=O)n(Cc3ccc(OC)cc3)c2=O)[C@](CO)(OCc2ccccc2)[C@@H]1C.CC[C@H]1O[C@@H](n2ccc(N)nc2=O)[C@](CF)(OCc2ccccc2)[C@@H]1C.Nc1ccn([C@@H]2O[C@H](CO)[C@@H](O)[C@]2(O)CF)c(=O)n1. The van der Waals surface area contributed by atoms with Crippen LogP contribution < -0.4 is 54.8 Å². The van der Waals surface area contributed by atoms with Gasteiger partial charge in [-0.15, -0.1) is 0 Å². The number of halogens is 4. The topological polar surface area (TPSA) is 430 Å². The largest absolute Gasteiger partial charge is 0.497 e. The molecular weight excluding hydrogens is 1840 g/mol. The van der Waals surface area contributed by atoms with E-state index < -0.39 is 144 Å². The van der Waals surface area contributed by atoms with Gasteiger partial charge in [0.05, 0.1) is 97.8 Å². The first kappa shape index (κ1) is 108. The molecule has 6 aliphatic rings.